The number of nitrogens with one attached hydrogen (secondary N) is 1. The molecule has 1 N–H and O–H groups in total. The predicted molar refractivity (Wildman–Crippen MR) is 86.4 cm³/mol. The Bertz CT molecular complexity index is 1030. The van der Waals surface area contributed by atoms with E-state index in [0.29, 0.717) is 29.3 Å². The van der Waals surface area contributed by atoms with Crippen molar-refractivity contribution >= 4 is 16.9 Å². The van der Waals surface area contributed by atoms with Crippen LogP contribution in [-0.4, -0.2) is 29.1 Å². The van der Waals surface area contributed by atoms with Crippen molar-refractivity contribution in [3.05, 3.63) is 58.4 Å². The van der Waals surface area contributed by atoms with Crippen molar-refractivity contribution in [2.24, 2.45) is 0 Å². The normalized spacial score (nSPS) is 11.5. The SMILES string of the molecule is CCn1c(=O)c2[nH]cnc2n2nc(CCc3ccccc3)nc12. The second-order valence-corrected chi connectivity index (χ2v) is 5.38. The first-order valence-corrected chi connectivity index (χ1v) is 7.63. The summed E-state index contributed by atoms with van der Waals surface area (Å²) in [6, 6.07) is 10.2. The molecular formula is C16H16N6O. The van der Waals surface area contributed by atoms with Crippen LogP contribution in [0.15, 0.2) is 41.5 Å². The standard InChI is InChI=1S/C16H16N6O/c1-2-21-15(23)13-14(18-10-17-13)22-16(21)19-12(20-22)9-8-11-6-4-3-5-7-11/h3-7,10H,2,8-9H2,1H3,(H,17,18). The molecule has 0 saturated carbocycles. The second kappa shape index (κ2) is 5.35. The molecule has 0 atom stereocenters. The number of aromatic amines is 1. The fraction of sp³-hybridized carbons (Fsp3) is 0.250. The van der Waals surface area contributed by atoms with Crippen molar-refractivity contribution in [1.29, 1.82) is 0 Å². The summed E-state index contributed by atoms with van der Waals surface area (Å²) in [4.78, 5) is 24.1. The van der Waals surface area contributed by atoms with Gasteiger partial charge in [-0.05, 0) is 18.9 Å². The Morgan fingerprint density at radius 1 is 1.17 bits per heavy atom. The Hall–Kier alpha value is -2.96. The molecule has 0 bridgehead atoms. The minimum Gasteiger partial charge on any atom is -0.339 e. The average Bonchev–Trinajstić information content (AvgIpc) is 3.21. The molecule has 0 aliphatic heterocycles. The van der Waals surface area contributed by atoms with Gasteiger partial charge in [0.2, 0.25) is 5.78 Å². The lowest BCUT2D eigenvalue weighted by Crippen LogP contribution is -2.22. The number of hydrogen-bond donors (Lipinski definition) is 1. The van der Waals surface area contributed by atoms with Crippen LogP contribution in [-0.2, 0) is 19.4 Å². The van der Waals surface area contributed by atoms with E-state index in [2.05, 4.69) is 32.2 Å². The zero-order valence-electron chi connectivity index (χ0n) is 12.7. The molecule has 0 spiro atoms. The number of H-pyrrole nitrogens is 1. The lowest BCUT2D eigenvalue weighted by molar-refractivity contribution is 0.727. The molecular weight excluding hydrogens is 292 g/mol. The number of rotatable bonds is 4. The molecule has 4 aromatic rings. The molecule has 4 rings (SSSR count). The number of nitrogens with zero attached hydrogens (tertiary/aromatic N) is 5. The summed E-state index contributed by atoms with van der Waals surface area (Å²) in [6.45, 7) is 2.45. The van der Waals surface area contributed by atoms with Gasteiger partial charge in [-0.3, -0.25) is 9.36 Å². The van der Waals surface area contributed by atoms with Crippen molar-refractivity contribution in [2.75, 3.05) is 0 Å². The molecule has 3 aromatic heterocycles. The van der Waals surface area contributed by atoms with Gasteiger partial charge in [-0.15, -0.1) is 5.10 Å². The van der Waals surface area contributed by atoms with Gasteiger partial charge in [-0.25, -0.2) is 4.98 Å². The number of fused-ring (bicyclic) bond motifs is 3. The molecule has 7 heteroatoms. The highest BCUT2D eigenvalue weighted by Gasteiger charge is 2.15. The fourth-order valence-corrected chi connectivity index (χ4v) is 2.78. The van der Waals surface area contributed by atoms with Crippen LogP contribution in [0.5, 0.6) is 0 Å². The lowest BCUT2D eigenvalue weighted by atomic mass is 10.1. The van der Waals surface area contributed by atoms with Gasteiger partial charge < -0.3 is 4.98 Å². The first-order chi connectivity index (χ1) is 11.3. The zero-order chi connectivity index (χ0) is 15.8. The van der Waals surface area contributed by atoms with Gasteiger partial charge in [0.05, 0.1) is 6.33 Å². The van der Waals surface area contributed by atoms with E-state index < -0.39 is 0 Å². The summed E-state index contributed by atoms with van der Waals surface area (Å²) in [7, 11) is 0. The number of hydrogen-bond acceptors (Lipinski definition) is 4. The van der Waals surface area contributed by atoms with E-state index in [0.717, 1.165) is 12.8 Å². The van der Waals surface area contributed by atoms with E-state index in [1.807, 2.05) is 25.1 Å². The third-order valence-corrected chi connectivity index (χ3v) is 3.95. The Kier molecular flexibility index (Phi) is 3.18. The minimum absolute atomic E-state index is 0.116. The molecule has 0 aliphatic rings. The minimum atomic E-state index is -0.116. The number of imidazole rings is 1. The molecule has 3 heterocycles. The molecule has 23 heavy (non-hydrogen) atoms. The highest BCUT2D eigenvalue weighted by atomic mass is 16.1. The Morgan fingerprint density at radius 3 is 2.78 bits per heavy atom. The number of benzene rings is 1. The van der Waals surface area contributed by atoms with Gasteiger partial charge in [-0.2, -0.15) is 9.50 Å². The average molecular weight is 308 g/mol. The summed E-state index contributed by atoms with van der Waals surface area (Å²) in [5.74, 6) is 1.26. The van der Waals surface area contributed by atoms with Crippen molar-refractivity contribution in [2.45, 2.75) is 26.3 Å². The van der Waals surface area contributed by atoms with Crippen LogP contribution in [0, 0.1) is 0 Å². The van der Waals surface area contributed by atoms with Gasteiger partial charge in [0.1, 0.15) is 0 Å². The smallest absolute Gasteiger partial charge is 0.281 e. The maximum Gasteiger partial charge on any atom is 0.281 e. The largest absolute Gasteiger partial charge is 0.339 e. The third kappa shape index (κ3) is 2.21. The van der Waals surface area contributed by atoms with Crippen molar-refractivity contribution < 1.29 is 0 Å². The molecule has 0 amide bonds. The quantitative estimate of drug-likeness (QED) is 0.620. The van der Waals surface area contributed by atoms with Gasteiger partial charge >= 0.3 is 0 Å². The van der Waals surface area contributed by atoms with Crippen LogP contribution in [0.25, 0.3) is 16.9 Å². The molecule has 0 fully saturated rings. The Morgan fingerprint density at radius 2 is 2.00 bits per heavy atom. The summed E-state index contributed by atoms with van der Waals surface area (Å²) >= 11 is 0. The van der Waals surface area contributed by atoms with Crippen LogP contribution in [0.1, 0.15) is 18.3 Å². The van der Waals surface area contributed by atoms with Gasteiger partial charge in [0, 0.05) is 13.0 Å². The Balaban J connectivity index is 1.79. The van der Waals surface area contributed by atoms with Gasteiger partial charge in [-0.1, -0.05) is 30.3 Å². The molecule has 7 nitrogen and oxygen atoms in total. The van der Waals surface area contributed by atoms with E-state index in [-0.39, 0.29) is 5.56 Å². The summed E-state index contributed by atoms with van der Waals surface area (Å²) in [5, 5.41) is 4.54. The summed E-state index contributed by atoms with van der Waals surface area (Å²) in [5.41, 5.74) is 2.10. The molecule has 0 unspecified atom stereocenters. The highest BCUT2D eigenvalue weighted by molar-refractivity contribution is 5.71. The van der Waals surface area contributed by atoms with E-state index >= 15 is 0 Å². The van der Waals surface area contributed by atoms with Gasteiger partial charge in [0.15, 0.2) is 17.0 Å². The molecule has 0 saturated heterocycles. The third-order valence-electron chi connectivity index (χ3n) is 3.95. The van der Waals surface area contributed by atoms with Gasteiger partial charge in [0.25, 0.3) is 5.56 Å². The summed E-state index contributed by atoms with van der Waals surface area (Å²) < 4.78 is 3.26. The topological polar surface area (TPSA) is 80.9 Å². The number of aryl methyl sites for hydroxylation is 3. The maximum atomic E-state index is 12.4. The van der Waals surface area contributed by atoms with Crippen LogP contribution in [0.4, 0.5) is 0 Å². The monoisotopic (exact) mass is 308 g/mol. The van der Waals surface area contributed by atoms with E-state index in [9.17, 15) is 4.79 Å². The fourth-order valence-electron chi connectivity index (χ4n) is 2.78. The zero-order valence-corrected chi connectivity index (χ0v) is 12.7. The second-order valence-electron chi connectivity index (χ2n) is 5.38. The van der Waals surface area contributed by atoms with E-state index in [1.54, 1.807) is 9.08 Å². The lowest BCUT2D eigenvalue weighted by Gasteiger charge is -2.02. The van der Waals surface area contributed by atoms with Crippen LogP contribution in [0.2, 0.25) is 0 Å². The predicted octanol–water partition coefficient (Wildman–Crippen LogP) is 1.57. The Labute approximate surface area is 131 Å². The first kappa shape index (κ1) is 13.7. The summed E-state index contributed by atoms with van der Waals surface area (Å²) in [6.07, 6.45) is 3.09. The van der Waals surface area contributed by atoms with Crippen molar-refractivity contribution in [1.82, 2.24) is 29.1 Å². The van der Waals surface area contributed by atoms with Crippen LogP contribution < -0.4 is 5.56 Å². The van der Waals surface area contributed by atoms with Crippen LogP contribution >= 0.6 is 0 Å². The molecule has 0 radical (unpaired) electrons. The molecule has 116 valence electrons. The molecule has 1 aromatic carbocycles. The van der Waals surface area contributed by atoms with Crippen LogP contribution in [0.3, 0.4) is 0 Å². The maximum absolute atomic E-state index is 12.4. The molecule has 0 aliphatic carbocycles. The van der Waals surface area contributed by atoms with E-state index in [4.69, 9.17) is 0 Å². The first-order valence-electron chi connectivity index (χ1n) is 7.63. The highest BCUT2D eigenvalue weighted by Crippen LogP contribution is 2.10. The van der Waals surface area contributed by atoms with Crippen molar-refractivity contribution in [3.8, 4) is 0 Å². The number of aromatic nitrogens is 6. The van der Waals surface area contributed by atoms with Crippen molar-refractivity contribution in [3.63, 3.8) is 0 Å². The van der Waals surface area contributed by atoms with E-state index in [1.165, 1.54) is 11.9 Å².